The Morgan fingerprint density at radius 1 is 1.03 bits per heavy atom. The molecule has 0 amide bonds. The highest BCUT2D eigenvalue weighted by atomic mass is 16.5. The minimum Gasteiger partial charge on any atom is -0.379 e. The lowest BCUT2D eigenvalue weighted by molar-refractivity contribution is 0.0209. The molecular formula is C24H27N7O. The van der Waals surface area contributed by atoms with Crippen molar-refractivity contribution in [2.24, 2.45) is 0 Å². The van der Waals surface area contributed by atoms with E-state index in [1.807, 2.05) is 22.8 Å². The molecule has 164 valence electrons. The van der Waals surface area contributed by atoms with Gasteiger partial charge in [0.15, 0.2) is 11.5 Å². The number of aromatic nitrogens is 5. The summed E-state index contributed by atoms with van der Waals surface area (Å²) in [5.41, 5.74) is 2.96. The van der Waals surface area contributed by atoms with Gasteiger partial charge in [-0.3, -0.25) is 9.88 Å². The molecule has 0 N–H and O–H groups in total. The van der Waals surface area contributed by atoms with E-state index in [-0.39, 0.29) is 5.92 Å². The average Bonchev–Trinajstić information content (AvgIpc) is 3.51. The van der Waals surface area contributed by atoms with Crippen molar-refractivity contribution in [2.75, 3.05) is 44.3 Å². The van der Waals surface area contributed by atoms with Gasteiger partial charge in [-0.2, -0.15) is 4.52 Å². The standard InChI is InChI=1S/C24H27N7O/c1-17(18-4-5-21-19(15-18)3-2-9-25-21)24-27-26-22-6-7-23(28-31(22)24)30-10-8-20(16-30)29-11-13-32-14-12-29/h2-7,9,15,17,20H,8,10-14,16H2,1H3/t17?,20-/m1/s1. The van der Waals surface area contributed by atoms with Crippen LogP contribution in [0.5, 0.6) is 0 Å². The van der Waals surface area contributed by atoms with Gasteiger partial charge in [-0.15, -0.1) is 15.3 Å². The van der Waals surface area contributed by atoms with Gasteiger partial charge in [-0.05, 0) is 42.3 Å². The first kappa shape index (κ1) is 19.6. The molecule has 1 unspecified atom stereocenters. The lowest BCUT2D eigenvalue weighted by Crippen LogP contribution is -2.44. The minimum absolute atomic E-state index is 0.0667. The molecule has 2 aliphatic heterocycles. The predicted molar refractivity (Wildman–Crippen MR) is 123 cm³/mol. The number of morpholine rings is 1. The van der Waals surface area contributed by atoms with Gasteiger partial charge < -0.3 is 9.64 Å². The van der Waals surface area contributed by atoms with Crippen LogP contribution in [0.2, 0.25) is 0 Å². The Labute approximate surface area is 186 Å². The third kappa shape index (κ3) is 3.49. The summed E-state index contributed by atoms with van der Waals surface area (Å²) in [5, 5.41) is 15.0. The van der Waals surface area contributed by atoms with Gasteiger partial charge in [0, 0.05) is 49.7 Å². The number of ether oxygens (including phenoxy) is 1. The maximum Gasteiger partial charge on any atom is 0.178 e. The summed E-state index contributed by atoms with van der Waals surface area (Å²) in [5.74, 6) is 1.91. The molecule has 0 spiro atoms. The largest absolute Gasteiger partial charge is 0.379 e. The molecule has 2 atom stereocenters. The monoisotopic (exact) mass is 429 g/mol. The van der Waals surface area contributed by atoms with Gasteiger partial charge in [0.1, 0.15) is 5.82 Å². The van der Waals surface area contributed by atoms with E-state index in [9.17, 15) is 0 Å². The smallest absolute Gasteiger partial charge is 0.178 e. The van der Waals surface area contributed by atoms with Crippen LogP contribution >= 0.6 is 0 Å². The van der Waals surface area contributed by atoms with Crippen LogP contribution in [-0.2, 0) is 4.74 Å². The van der Waals surface area contributed by atoms with Crippen LogP contribution in [0, 0.1) is 0 Å². The Bertz CT molecular complexity index is 1250. The molecule has 8 nitrogen and oxygen atoms in total. The summed E-state index contributed by atoms with van der Waals surface area (Å²) in [6, 6.07) is 15.1. The first-order valence-corrected chi connectivity index (χ1v) is 11.4. The lowest BCUT2D eigenvalue weighted by Gasteiger charge is -2.32. The van der Waals surface area contributed by atoms with Gasteiger partial charge >= 0.3 is 0 Å². The van der Waals surface area contributed by atoms with Crippen molar-refractivity contribution in [2.45, 2.75) is 25.3 Å². The van der Waals surface area contributed by atoms with Crippen molar-refractivity contribution >= 4 is 22.4 Å². The second-order valence-electron chi connectivity index (χ2n) is 8.73. The second-order valence-corrected chi connectivity index (χ2v) is 8.73. The number of anilines is 1. The summed E-state index contributed by atoms with van der Waals surface area (Å²) >= 11 is 0. The molecule has 0 bridgehead atoms. The quantitative estimate of drug-likeness (QED) is 0.494. The van der Waals surface area contributed by atoms with Crippen molar-refractivity contribution in [1.29, 1.82) is 0 Å². The Hall–Kier alpha value is -3.10. The molecule has 3 aromatic heterocycles. The SMILES string of the molecule is CC(c1ccc2ncccc2c1)c1nnc2ccc(N3CC[C@@H](N4CCOCC4)C3)nn12. The first-order valence-electron chi connectivity index (χ1n) is 11.4. The average molecular weight is 430 g/mol. The normalized spacial score (nSPS) is 20.9. The van der Waals surface area contributed by atoms with Gasteiger partial charge in [0.25, 0.3) is 0 Å². The third-order valence-corrected chi connectivity index (χ3v) is 6.84. The third-order valence-electron chi connectivity index (χ3n) is 6.84. The van der Waals surface area contributed by atoms with Crippen molar-refractivity contribution in [1.82, 2.24) is 29.7 Å². The fraction of sp³-hybridized carbons (Fsp3) is 0.417. The van der Waals surface area contributed by atoms with Gasteiger partial charge in [-0.1, -0.05) is 19.1 Å². The zero-order chi connectivity index (χ0) is 21.5. The van der Waals surface area contributed by atoms with Crippen LogP contribution in [0.25, 0.3) is 16.6 Å². The fourth-order valence-electron chi connectivity index (χ4n) is 4.94. The van der Waals surface area contributed by atoms with Gasteiger partial charge in [0.2, 0.25) is 0 Å². The molecule has 32 heavy (non-hydrogen) atoms. The number of hydrogen-bond acceptors (Lipinski definition) is 7. The predicted octanol–water partition coefficient (Wildman–Crippen LogP) is 2.74. The number of hydrogen-bond donors (Lipinski definition) is 0. The number of benzene rings is 1. The van der Waals surface area contributed by atoms with E-state index < -0.39 is 0 Å². The number of fused-ring (bicyclic) bond motifs is 2. The van der Waals surface area contributed by atoms with E-state index >= 15 is 0 Å². The van der Waals surface area contributed by atoms with Gasteiger partial charge in [-0.25, -0.2) is 0 Å². The van der Waals surface area contributed by atoms with Crippen molar-refractivity contribution in [3.8, 4) is 0 Å². The number of rotatable bonds is 4. The molecule has 0 saturated carbocycles. The Balaban J connectivity index is 1.28. The molecule has 1 aromatic carbocycles. The molecule has 0 radical (unpaired) electrons. The van der Waals surface area contributed by atoms with E-state index in [2.05, 4.69) is 62.2 Å². The fourth-order valence-corrected chi connectivity index (χ4v) is 4.94. The maximum absolute atomic E-state index is 5.52. The van der Waals surface area contributed by atoms with Crippen molar-refractivity contribution in [3.63, 3.8) is 0 Å². The zero-order valence-corrected chi connectivity index (χ0v) is 18.3. The zero-order valence-electron chi connectivity index (χ0n) is 18.3. The Morgan fingerprint density at radius 2 is 1.94 bits per heavy atom. The highest BCUT2D eigenvalue weighted by Gasteiger charge is 2.30. The van der Waals surface area contributed by atoms with Crippen LogP contribution in [0.15, 0.2) is 48.7 Å². The summed E-state index contributed by atoms with van der Waals surface area (Å²) in [6.07, 6.45) is 2.99. The maximum atomic E-state index is 5.52. The van der Waals surface area contributed by atoms with Crippen molar-refractivity contribution < 1.29 is 4.74 Å². The summed E-state index contributed by atoms with van der Waals surface area (Å²) < 4.78 is 7.43. The van der Waals surface area contributed by atoms with Crippen LogP contribution in [-0.4, -0.2) is 75.1 Å². The van der Waals surface area contributed by atoms with Crippen LogP contribution < -0.4 is 4.90 Å². The Morgan fingerprint density at radius 3 is 2.84 bits per heavy atom. The van der Waals surface area contributed by atoms with Crippen LogP contribution in [0.3, 0.4) is 0 Å². The summed E-state index contributed by atoms with van der Waals surface area (Å²) in [6.45, 7) is 7.92. The molecule has 2 saturated heterocycles. The van der Waals surface area contributed by atoms with Crippen molar-refractivity contribution in [3.05, 3.63) is 60.0 Å². The molecule has 6 rings (SSSR count). The molecule has 2 aliphatic rings. The number of pyridine rings is 1. The van der Waals surface area contributed by atoms with E-state index in [4.69, 9.17) is 9.84 Å². The van der Waals surface area contributed by atoms with E-state index in [1.165, 1.54) is 5.56 Å². The molecule has 2 fully saturated rings. The minimum atomic E-state index is 0.0667. The molecule has 0 aliphatic carbocycles. The number of nitrogens with zero attached hydrogens (tertiary/aromatic N) is 7. The highest BCUT2D eigenvalue weighted by Crippen LogP contribution is 2.27. The second kappa shape index (κ2) is 8.11. The van der Waals surface area contributed by atoms with E-state index in [0.717, 1.165) is 74.0 Å². The van der Waals surface area contributed by atoms with Gasteiger partial charge in [0.05, 0.1) is 18.7 Å². The van der Waals surface area contributed by atoms with Crippen LogP contribution in [0.4, 0.5) is 5.82 Å². The van der Waals surface area contributed by atoms with Crippen LogP contribution in [0.1, 0.15) is 30.7 Å². The highest BCUT2D eigenvalue weighted by molar-refractivity contribution is 5.79. The van der Waals surface area contributed by atoms with E-state index in [1.54, 1.807) is 0 Å². The van der Waals surface area contributed by atoms with E-state index in [0.29, 0.717) is 6.04 Å². The topological polar surface area (TPSA) is 71.7 Å². The molecular weight excluding hydrogens is 402 g/mol. The Kier molecular flexibility index (Phi) is 4.96. The molecule has 8 heteroatoms. The molecule has 5 heterocycles. The summed E-state index contributed by atoms with van der Waals surface area (Å²) in [4.78, 5) is 9.37. The lowest BCUT2D eigenvalue weighted by atomic mass is 9.98. The molecule has 4 aromatic rings. The summed E-state index contributed by atoms with van der Waals surface area (Å²) in [7, 11) is 0. The first-order chi connectivity index (χ1) is 15.8.